The van der Waals surface area contributed by atoms with E-state index >= 15 is 0 Å². The first kappa shape index (κ1) is 25.5. The van der Waals surface area contributed by atoms with Crippen molar-refractivity contribution in [3.63, 3.8) is 0 Å². The van der Waals surface area contributed by atoms with Crippen LogP contribution in [-0.2, 0) is 11.3 Å². The van der Waals surface area contributed by atoms with Crippen LogP contribution in [0, 0.1) is 0 Å². The van der Waals surface area contributed by atoms with E-state index in [-0.39, 0.29) is 24.2 Å². The van der Waals surface area contributed by atoms with Gasteiger partial charge >= 0.3 is 0 Å². The lowest BCUT2D eigenvalue weighted by molar-refractivity contribution is -0.128. The van der Waals surface area contributed by atoms with Crippen molar-refractivity contribution in [1.29, 1.82) is 0 Å². The van der Waals surface area contributed by atoms with Gasteiger partial charge in [0.05, 0.1) is 12.4 Å². The zero-order valence-electron chi connectivity index (χ0n) is 20.0. The molecule has 0 unspecified atom stereocenters. The van der Waals surface area contributed by atoms with E-state index in [1.807, 2.05) is 29.2 Å². The standard InChI is InChI=1S/C26H30N6O3S/c1-2-13-32-24(22(18-33)27-25(35)20-9-5-3-6-10-20)28-29-26(32)36-19-23(34)31-16-14-30(15-17-31)21-11-7-4-8-12-21/h2-12,22,33H,1,13-19H2,(H,27,35)/t22-/m1/s1. The smallest absolute Gasteiger partial charge is 0.251 e. The van der Waals surface area contributed by atoms with Crippen molar-refractivity contribution >= 4 is 29.3 Å². The SMILES string of the molecule is C=CCn1c(SCC(=O)N2CCN(c3ccccc3)CC2)nnc1[C@@H](CO)NC(=O)c1ccccc1. The Morgan fingerprint density at radius 1 is 1.03 bits per heavy atom. The predicted octanol–water partition coefficient (Wildman–Crippen LogP) is 2.37. The van der Waals surface area contributed by atoms with Crippen LogP contribution >= 0.6 is 11.8 Å². The van der Waals surface area contributed by atoms with Crippen LogP contribution in [0.4, 0.5) is 5.69 Å². The maximum absolute atomic E-state index is 12.9. The molecule has 36 heavy (non-hydrogen) atoms. The lowest BCUT2D eigenvalue weighted by Crippen LogP contribution is -2.49. The molecule has 0 bridgehead atoms. The molecule has 2 amide bonds. The number of aliphatic hydroxyl groups is 1. The van der Waals surface area contributed by atoms with Gasteiger partial charge in [0.2, 0.25) is 5.91 Å². The molecule has 2 heterocycles. The number of carbonyl (C=O) groups excluding carboxylic acids is 2. The van der Waals surface area contributed by atoms with Crippen LogP contribution in [0.2, 0.25) is 0 Å². The minimum absolute atomic E-state index is 0.0403. The van der Waals surface area contributed by atoms with Crippen molar-refractivity contribution < 1.29 is 14.7 Å². The van der Waals surface area contributed by atoms with Crippen LogP contribution in [0.5, 0.6) is 0 Å². The molecule has 1 atom stereocenters. The first-order chi connectivity index (χ1) is 17.6. The highest BCUT2D eigenvalue weighted by Crippen LogP contribution is 2.22. The van der Waals surface area contributed by atoms with Crippen molar-refractivity contribution in [2.45, 2.75) is 17.7 Å². The zero-order chi connectivity index (χ0) is 25.3. The summed E-state index contributed by atoms with van der Waals surface area (Å²) < 4.78 is 1.77. The van der Waals surface area contributed by atoms with Crippen molar-refractivity contribution in [2.75, 3.05) is 43.4 Å². The van der Waals surface area contributed by atoms with Crippen LogP contribution in [0.15, 0.2) is 78.5 Å². The number of para-hydroxylation sites is 1. The fraction of sp³-hybridized carbons (Fsp3) is 0.308. The molecule has 2 N–H and O–H groups in total. The number of nitrogens with one attached hydrogen (secondary N) is 1. The molecule has 4 rings (SSSR count). The zero-order valence-corrected chi connectivity index (χ0v) is 20.8. The van der Waals surface area contributed by atoms with Crippen LogP contribution in [0.3, 0.4) is 0 Å². The number of carbonyl (C=O) groups is 2. The molecule has 0 spiro atoms. The van der Waals surface area contributed by atoms with Crippen LogP contribution in [-0.4, -0.2) is 75.1 Å². The Hall–Kier alpha value is -3.63. The number of allylic oxidation sites excluding steroid dienone is 1. The molecule has 0 aliphatic carbocycles. The average Bonchev–Trinajstić information content (AvgIpc) is 3.33. The van der Waals surface area contributed by atoms with E-state index in [4.69, 9.17) is 0 Å². The van der Waals surface area contributed by atoms with E-state index in [0.717, 1.165) is 13.1 Å². The summed E-state index contributed by atoms with van der Waals surface area (Å²) in [6.45, 7) is 6.74. The Morgan fingerprint density at radius 2 is 1.69 bits per heavy atom. The van der Waals surface area contributed by atoms with Gasteiger partial charge in [-0.15, -0.1) is 16.8 Å². The number of rotatable bonds is 10. The largest absolute Gasteiger partial charge is 0.394 e. The number of aromatic nitrogens is 3. The van der Waals surface area contributed by atoms with Crippen LogP contribution in [0.25, 0.3) is 0 Å². The second-order valence-electron chi connectivity index (χ2n) is 8.31. The van der Waals surface area contributed by atoms with E-state index in [1.54, 1.807) is 34.9 Å². The predicted molar refractivity (Wildman–Crippen MR) is 140 cm³/mol. The van der Waals surface area contributed by atoms with E-state index in [1.165, 1.54) is 17.4 Å². The van der Waals surface area contributed by atoms with Crippen molar-refractivity contribution in [3.05, 3.63) is 84.7 Å². The molecule has 0 radical (unpaired) electrons. The number of piperazine rings is 1. The van der Waals surface area contributed by atoms with Gasteiger partial charge in [-0.1, -0.05) is 54.2 Å². The number of amides is 2. The molecule has 1 aliphatic rings. The number of hydrogen-bond donors (Lipinski definition) is 2. The van der Waals surface area contributed by atoms with E-state index in [9.17, 15) is 14.7 Å². The molecular weight excluding hydrogens is 476 g/mol. The maximum Gasteiger partial charge on any atom is 0.251 e. The summed E-state index contributed by atoms with van der Waals surface area (Å²) in [4.78, 5) is 29.7. The quantitative estimate of drug-likeness (QED) is 0.321. The fourth-order valence-electron chi connectivity index (χ4n) is 4.06. The molecule has 1 saturated heterocycles. The van der Waals surface area contributed by atoms with Crippen molar-refractivity contribution in [2.24, 2.45) is 0 Å². The Balaban J connectivity index is 1.37. The lowest BCUT2D eigenvalue weighted by Gasteiger charge is -2.36. The Labute approximate surface area is 214 Å². The summed E-state index contributed by atoms with van der Waals surface area (Å²) >= 11 is 1.29. The van der Waals surface area contributed by atoms with E-state index in [0.29, 0.717) is 36.2 Å². The summed E-state index contributed by atoms with van der Waals surface area (Å²) in [7, 11) is 0. The molecule has 0 saturated carbocycles. The third-order valence-electron chi connectivity index (χ3n) is 5.97. The summed E-state index contributed by atoms with van der Waals surface area (Å²) in [5.41, 5.74) is 1.65. The molecule has 1 aliphatic heterocycles. The van der Waals surface area contributed by atoms with Gasteiger partial charge in [-0.2, -0.15) is 0 Å². The third-order valence-corrected chi connectivity index (χ3v) is 6.92. The first-order valence-electron chi connectivity index (χ1n) is 11.8. The topological polar surface area (TPSA) is 104 Å². The molecule has 2 aromatic carbocycles. The molecule has 188 valence electrons. The second kappa shape index (κ2) is 12.4. The number of aliphatic hydroxyl groups excluding tert-OH is 1. The van der Waals surface area contributed by atoms with Crippen LogP contribution in [0.1, 0.15) is 22.2 Å². The van der Waals surface area contributed by atoms with Gasteiger partial charge in [0, 0.05) is 44.0 Å². The maximum atomic E-state index is 12.9. The van der Waals surface area contributed by atoms with Crippen molar-refractivity contribution in [3.8, 4) is 0 Å². The monoisotopic (exact) mass is 506 g/mol. The summed E-state index contributed by atoms with van der Waals surface area (Å²) in [5.74, 6) is 0.356. The Kier molecular flexibility index (Phi) is 8.75. The molecule has 9 nitrogen and oxygen atoms in total. The van der Waals surface area contributed by atoms with Gasteiger partial charge in [-0.25, -0.2) is 0 Å². The summed E-state index contributed by atoms with van der Waals surface area (Å²) in [6, 6.07) is 18.2. The lowest BCUT2D eigenvalue weighted by atomic mass is 10.2. The Morgan fingerprint density at radius 3 is 2.33 bits per heavy atom. The van der Waals surface area contributed by atoms with Crippen molar-refractivity contribution in [1.82, 2.24) is 25.0 Å². The fourth-order valence-corrected chi connectivity index (χ4v) is 4.92. The number of benzene rings is 2. The van der Waals surface area contributed by atoms with Gasteiger partial charge in [-0.3, -0.25) is 9.59 Å². The van der Waals surface area contributed by atoms with Gasteiger partial charge in [0.1, 0.15) is 6.04 Å². The van der Waals surface area contributed by atoms with E-state index < -0.39 is 6.04 Å². The van der Waals surface area contributed by atoms with Gasteiger partial charge in [0.25, 0.3) is 5.91 Å². The Bertz CT molecular complexity index is 1160. The number of nitrogens with zero attached hydrogens (tertiary/aromatic N) is 5. The third kappa shape index (κ3) is 6.13. The highest BCUT2D eigenvalue weighted by atomic mass is 32.2. The first-order valence-corrected chi connectivity index (χ1v) is 12.8. The normalized spacial score (nSPS) is 14.4. The second-order valence-corrected chi connectivity index (χ2v) is 9.25. The number of anilines is 1. The highest BCUT2D eigenvalue weighted by Gasteiger charge is 2.25. The van der Waals surface area contributed by atoms with Crippen LogP contribution < -0.4 is 10.2 Å². The molecule has 1 fully saturated rings. The van der Waals surface area contributed by atoms with Gasteiger partial charge in [0.15, 0.2) is 11.0 Å². The molecule has 1 aromatic heterocycles. The highest BCUT2D eigenvalue weighted by molar-refractivity contribution is 7.99. The summed E-state index contributed by atoms with van der Waals surface area (Å²) in [6.07, 6.45) is 1.69. The molecule has 3 aromatic rings. The van der Waals surface area contributed by atoms with E-state index in [2.05, 4.69) is 39.1 Å². The number of thioether (sulfide) groups is 1. The average molecular weight is 507 g/mol. The summed E-state index contributed by atoms with van der Waals surface area (Å²) in [5, 5.41) is 21.8. The molecular formula is C26H30N6O3S. The molecule has 10 heteroatoms. The van der Waals surface area contributed by atoms with Gasteiger partial charge in [-0.05, 0) is 24.3 Å². The minimum Gasteiger partial charge on any atom is -0.394 e. The number of hydrogen-bond acceptors (Lipinski definition) is 7. The van der Waals surface area contributed by atoms with Gasteiger partial charge < -0.3 is 24.8 Å². The minimum atomic E-state index is -0.749.